The van der Waals surface area contributed by atoms with Gasteiger partial charge in [-0.05, 0) is 18.1 Å². The van der Waals surface area contributed by atoms with E-state index < -0.39 is 0 Å². The molecule has 0 bridgehead atoms. The van der Waals surface area contributed by atoms with Crippen molar-refractivity contribution in [2.45, 2.75) is 30.9 Å². The lowest BCUT2D eigenvalue weighted by molar-refractivity contribution is 0.112. The third-order valence-electron chi connectivity index (χ3n) is 2.34. The van der Waals surface area contributed by atoms with Crippen molar-refractivity contribution in [1.82, 2.24) is 0 Å². The van der Waals surface area contributed by atoms with E-state index in [4.69, 9.17) is 0 Å². The average Bonchev–Trinajstić information content (AvgIpc) is 2.20. The van der Waals surface area contributed by atoms with Crippen LogP contribution in [0.5, 0.6) is 0 Å². The van der Waals surface area contributed by atoms with E-state index >= 15 is 0 Å². The first-order valence-corrected chi connectivity index (χ1v) is 5.84. The lowest BCUT2D eigenvalue weighted by Gasteiger charge is -2.15. The van der Waals surface area contributed by atoms with Crippen molar-refractivity contribution in [2.24, 2.45) is 5.92 Å². The predicted molar refractivity (Wildman–Crippen MR) is 61.9 cm³/mol. The molecule has 0 aromatic heterocycles. The largest absolute Gasteiger partial charge is 0.298 e. The highest BCUT2D eigenvalue weighted by Crippen LogP contribution is 2.29. The van der Waals surface area contributed by atoms with Crippen molar-refractivity contribution in [2.75, 3.05) is 0 Å². The molecule has 0 amide bonds. The zero-order valence-corrected chi connectivity index (χ0v) is 9.98. The van der Waals surface area contributed by atoms with Crippen LogP contribution in [0.4, 0.5) is 4.39 Å². The van der Waals surface area contributed by atoms with Crippen molar-refractivity contribution >= 4 is 18.0 Å². The first-order valence-electron chi connectivity index (χ1n) is 4.96. The standard InChI is InChI=1S/C12H15FOS/c1-8(2)9(3)15-12-5-4-10(7-14)6-11(12)13/h4-9H,1-3H3. The van der Waals surface area contributed by atoms with Crippen molar-refractivity contribution in [3.05, 3.63) is 29.6 Å². The van der Waals surface area contributed by atoms with Crippen LogP contribution in [0.15, 0.2) is 23.1 Å². The van der Waals surface area contributed by atoms with Gasteiger partial charge < -0.3 is 0 Å². The van der Waals surface area contributed by atoms with E-state index in [1.54, 1.807) is 12.1 Å². The minimum absolute atomic E-state index is 0.308. The van der Waals surface area contributed by atoms with E-state index in [1.165, 1.54) is 17.8 Å². The SMILES string of the molecule is CC(C)C(C)Sc1ccc(C=O)cc1F. The number of aldehydes is 1. The van der Waals surface area contributed by atoms with Gasteiger partial charge in [0.25, 0.3) is 0 Å². The number of hydrogen-bond donors (Lipinski definition) is 0. The minimum atomic E-state index is -0.308. The number of rotatable bonds is 4. The Morgan fingerprint density at radius 2 is 2.00 bits per heavy atom. The van der Waals surface area contributed by atoms with Gasteiger partial charge in [-0.2, -0.15) is 0 Å². The molecule has 0 aliphatic carbocycles. The van der Waals surface area contributed by atoms with Crippen LogP contribution < -0.4 is 0 Å². The summed E-state index contributed by atoms with van der Waals surface area (Å²) in [6, 6.07) is 4.59. The van der Waals surface area contributed by atoms with Gasteiger partial charge in [0, 0.05) is 15.7 Å². The fourth-order valence-electron chi connectivity index (χ4n) is 1.02. The summed E-state index contributed by atoms with van der Waals surface area (Å²) in [6.45, 7) is 6.28. The second-order valence-corrected chi connectivity index (χ2v) is 5.29. The number of carbonyl (C=O) groups is 1. The quantitative estimate of drug-likeness (QED) is 0.574. The van der Waals surface area contributed by atoms with Crippen molar-refractivity contribution in [3.8, 4) is 0 Å². The molecule has 1 nitrogen and oxygen atoms in total. The van der Waals surface area contributed by atoms with Gasteiger partial charge in [0.1, 0.15) is 12.1 Å². The number of hydrogen-bond acceptors (Lipinski definition) is 2. The Hall–Kier alpha value is -0.830. The molecule has 0 fully saturated rings. The lowest BCUT2D eigenvalue weighted by Crippen LogP contribution is -2.05. The van der Waals surface area contributed by atoms with Crippen LogP contribution in [0.3, 0.4) is 0 Å². The van der Waals surface area contributed by atoms with Crippen LogP contribution in [0.25, 0.3) is 0 Å². The number of thioether (sulfide) groups is 1. The molecule has 3 heteroatoms. The highest BCUT2D eigenvalue weighted by Gasteiger charge is 2.12. The van der Waals surface area contributed by atoms with E-state index in [2.05, 4.69) is 20.8 Å². The molecule has 82 valence electrons. The van der Waals surface area contributed by atoms with Crippen molar-refractivity contribution < 1.29 is 9.18 Å². The summed E-state index contributed by atoms with van der Waals surface area (Å²) in [5, 5.41) is 0.363. The van der Waals surface area contributed by atoms with E-state index in [9.17, 15) is 9.18 Å². The summed E-state index contributed by atoms with van der Waals surface area (Å²) in [7, 11) is 0. The fraction of sp³-hybridized carbons (Fsp3) is 0.417. The zero-order chi connectivity index (χ0) is 11.4. The van der Waals surface area contributed by atoms with Gasteiger partial charge in [-0.3, -0.25) is 4.79 Å². The molecule has 0 radical (unpaired) electrons. The van der Waals surface area contributed by atoms with Gasteiger partial charge in [-0.15, -0.1) is 11.8 Å². The van der Waals surface area contributed by atoms with Crippen LogP contribution in [0.1, 0.15) is 31.1 Å². The summed E-state index contributed by atoms with van der Waals surface area (Å²) >= 11 is 1.51. The fourth-order valence-corrected chi connectivity index (χ4v) is 2.01. The normalized spacial score (nSPS) is 12.9. The maximum atomic E-state index is 13.5. The molecule has 0 saturated carbocycles. The summed E-state index contributed by atoms with van der Waals surface area (Å²) in [5.74, 6) is 0.192. The Balaban J connectivity index is 2.82. The molecule has 0 spiro atoms. The predicted octanol–water partition coefficient (Wildman–Crippen LogP) is 3.77. The minimum Gasteiger partial charge on any atom is -0.298 e. The third-order valence-corrected chi connectivity index (χ3v) is 3.84. The highest BCUT2D eigenvalue weighted by molar-refractivity contribution is 8.00. The number of benzene rings is 1. The van der Waals surface area contributed by atoms with E-state index in [0.29, 0.717) is 27.9 Å². The molecule has 0 saturated heterocycles. The maximum Gasteiger partial charge on any atom is 0.150 e. The highest BCUT2D eigenvalue weighted by atomic mass is 32.2. The van der Waals surface area contributed by atoms with Crippen LogP contribution in [0, 0.1) is 11.7 Å². The van der Waals surface area contributed by atoms with Gasteiger partial charge in [0.15, 0.2) is 0 Å². The maximum absolute atomic E-state index is 13.5. The Morgan fingerprint density at radius 1 is 1.33 bits per heavy atom. The van der Waals surface area contributed by atoms with Crippen molar-refractivity contribution in [1.29, 1.82) is 0 Å². The summed E-state index contributed by atoms with van der Waals surface area (Å²) in [6.07, 6.45) is 0.656. The van der Waals surface area contributed by atoms with Crippen LogP contribution >= 0.6 is 11.8 Å². The van der Waals surface area contributed by atoms with Crippen LogP contribution in [-0.2, 0) is 0 Å². The molecule has 0 aliphatic rings. The van der Waals surface area contributed by atoms with E-state index in [0.717, 1.165) is 0 Å². The molecule has 1 aromatic rings. The van der Waals surface area contributed by atoms with Gasteiger partial charge in [0.05, 0.1) is 0 Å². The van der Waals surface area contributed by atoms with Gasteiger partial charge in [-0.25, -0.2) is 4.39 Å². The average molecular weight is 226 g/mol. The summed E-state index contributed by atoms with van der Waals surface area (Å²) < 4.78 is 13.5. The Kier molecular flexibility index (Phi) is 4.33. The second kappa shape index (κ2) is 5.31. The topological polar surface area (TPSA) is 17.1 Å². The molecular formula is C12H15FOS. The molecular weight excluding hydrogens is 211 g/mol. The Bertz CT molecular complexity index is 349. The van der Waals surface area contributed by atoms with E-state index in [1.807, 2.05) is 0 Å². The Labute approximate surface area is 94.1 Å². The third kappa shape index (κ3) is 3.34. The molecule has 0 N–H and O–H groups in total. The lowest BCUT2D eigenvalue weighted by atomic mass is 10.2. The second-order valence-electron chi connectivity index (χ2n) is 3.87. The smallest absolute Gasteiger partial charge is 0.150 e. The molecule has 1 atom stereocenters. The van der Waals surface area contributed by atoms with E-state index in [-0.39, 0.29) is 5.82 Å². The molecule has 1 unspecified atom stereocenters. The molecule has 0 aliphatic heterocycles. The molecule has 1 rings (SSSR count). The van der Waals surface area contributed by atoms with Gasteiger partial charge >= 0.3 is 0 Å². The van der Waals surface area contributed by atoms with Gasteiger partial charge in [-0.1, -0.05) is 26.8 Å². The molecule has 0 heterocycles. The molecule has 1 aromatic carbocycles. The summed E-state index contributed by atoms with van der Waals surface area (Å²) in [4.78, 5) is 11.0. The first-order chi connectivity index (χ1) is 7.04. The molecule has 15 heavy (non-hydrogen) atoms. The van der Waals surface area contributed by atoms with Crippen LogP contribution in [0.2, 0.25) is 0 Å². The first kappa shape index (κ1) is 12.2. The monoisotopic (exact) mass is 226 g/mol. The number of halogens is 1. The Morgan fingerprint density at radius 3 is 2.47 bits per heavy atom. The zero-order valence-electron chi connectivity index (χ0n) is 9.16. The number of carbonyl (C=O) groups excluding carboxylic acids is 1. The van der Waals surface area contributed by atoms with Gasteiger partial charge in [0.2, 0.25) is 0 Å². The summed E-state index contributed by atoms with van der Waals surface area (Å²) in [5.41, 5.74) is 0.383. The van der Waals surface area contributed by atoms with Crippen LogP contribution in [-0.4, -0.2) is 11.5 Å². The van der Waals surface area contributed by atoms with Crippen molar-refractivity contribution in [3.63, 3.8) is 0 Å².